The SMILES string of the molecule is Nc1nnc(Cl)cc1N1CCC(OCC(=O)NC2CCN(Cc3ccccc3)CC2)(c2ccccc2)CC1. The van der Waals surface area contributed by atoms with Crippen LogP contribution in [0.15, 0.2) is 66.7 Å². The van der Waals surface area contributed by atoms with Gasteiger partial charge in [0.25, 0.3) is 0 Å². The number of hydrogen-bond donors (Lipinski definition) is 2. The van der Waals surface area contributed by atoms with Crippen molar-refractivity contribution in [3.05, 3.63) is 83.0 Å². The number of ether oxygens (including phenoxy) is 1. The molecule has 0 atom stereocenters. The Hall–Kier alpha value is -3.20. The van der Waals surface area contributed by atoms with Gasteiger partial charge in [-0.15, -0.1) is 10.2 Å². The molecule has 2 fully saturated rings. The molecule has 2 aromatic carbocycles. The third-order valence-electron chi connectivity index (χ3n) is 7.66. The molecule has 0 spiro atoms. The van der Waals surface area contributed by atoms with E-state index in [1.807, 2.05) is 24.3 Å². The molecular formula is C29H35ClN6O2. The fraction of sp³-hybridized carbons (Fsp3) is 0.414. The lowest BCUT2D eigenvalue weighted by Gasteiger charge is -2.43. The normalized spacial score (nSPS) is 18.3. The number of nitrogens with two attached hydrogens (primary N) is 1. The van der Waals surface area contributed by atoms with Gasteiger partial charge in [0, 0.05) is 44.8 Å². The van der Waals surface area contributed by atoms with Crippen LogP contribution < -0.4 is 16.0 Å². The van der Waals surface area contributed by atoms with Gasteiger partial charge in [-0.1, -0.05) is 72.3 Å². The van der Waals surface area contributed by atoms with E-state index in [0.717, 1.165) is 43.7 Å². The number of piperidine rings is 2. The van der Waals surface area contributed by atoms with Crippen LogP contribution in [-0.4, -0.2) is 59.8 Å². The van der Waals surface area contributed by atoms with Crippen molar-refractivity contribution < 1.29 is 9.53 Å². The van der Waals surface area contributed by atoms with E-state index in [-0.39, 0.29) is 18.6 Å². The molecule has 2 saturated heterocycles. The highest BCUT2D eigenvalue weighted by molar-refractivity contribution is 6.29. The van der Waals surface area contributed by atoms with Crippen LogP contribution in [0.2, 0.25) is 5.15 Å². The van der Waals surface area contributed by atoms with Crippen LogP contribution in [-0.2, 0) is 21.7 Å². The minimum atomic E-state index is -0.548. The van der Waals surface area contributed by atoms with Gasteiger partial charge in [0.2, 0.25) is 5.91 Å². The van der Waals surface area contributed by atoms with Crippen LogP contribution in [0.1, 0.15) is 36.8 Å². The molecule has 0 unspecified atom stereocenters. The first kappa shape index (κ1) is 26.4. The summed E-state index contributed by atoms with van der Waals surface area (Å²) in [6.45, 7) is 4.33. The maximum Gasteiger partial charge on any atom is 0.246 e. The monoisotopic (exact) mass is 534 g/mol. The molecule has 1 amide bonds. The van der Waals surface area contributed by atoms with Gasteiger partial charge in [-0.3, -0.25) is 9.69 Å². The highest BCUT2D eigenvalue weighted by Gasteiger charge is 2.38. The van der Waals surface area contributed by atoms with Gasteiger partial charge in [-0.2, -0.15) is 0 Å². The van der Waals surface area contributed by atoms with Crippen molar-refractivity contribution in [1.29, 1.82) is 0 Å². The van der Waals surface area contributed by atoms with E-state index < -0.39 is 5.60 Å². The third-order valence-corrected chi connectivity index (χ3v) is 7.85. The summed E-state index contributed by atoms with van der Waals surface area (Å²) in [5.74, 6) is 0.301. The Balaban J connectivity index is 1.16. The summed E-state index contributed by atoms with van der Waals surface area (Å²) < 4.78 is 6.46. The van der Waals surface area contributed by atoms with Gasteiger partial charge in [-0.05, 0) is 36.8 Å². The highest BCUT2D eigenvalue weighted by Crippen LogP contribution is 2.39. The molecule has 8 nitrogen and oxygen atoms in total. The second kappa shape index (κ2) is 12.1. The van der Waals surface area contributed by atoms with E-state index in [2.05, 4.69) is 61.7 Å². The largest absolute Gasteiger partial charge is 0.380 e. The summed E-state index contributed by atoms with van der Waals surface area (Å²) in [4.78, 5) is 17.6. The molecule has 2 aliphatic rings. The highest BCUT2D eigenvalue weighted by atomic mass is 35.5. The maximum absolute atomic E-state index is 13.0. The summed E-state index contributed by atoms with van der Waals surface area (Å²) in [6.07, 6.45) is 3.31. The first-order valence-corrected chi connectivity index (χ1v) is 13.7. The number of anilines is 2. The summed E-state index contributed by atoms with van der Waals surface area (Å²) in [5, 5.41) is 11.3. The van der Waals surface area contributed by atoms with Crippen molar-refractivity contribution in [3.63, 3.8) is 0 Å². The second-order valence-corrected chi connectivity index (χ2v) is 10.6. The van der Waals surface area contributed by atoms with Gasteiger partial charge >= 0.3 is 0 Å². The smallest absolute Gasteiger partial charge is 0.246 e. The molecule has 5 rings (SSSR count). The predicted molar refractivity (Wildman–Crippen MR) is 150 cm³/mol. The number of nitrogens with zero attached hydrogens (tertiary/aromatic N) is 4. The maximum atomic E-state index is 13.0. The number of nitrogen functional groups attached to an aromatic ring is 1. The zero-order valence-electron chi connectivity index (χ0n) is 21.6. The molecule has 0 saturated carbocycles. The van der Waals surface area contributed by atoms with Crippen LogP contribution in [0.5, 0.6) is 0 Å². The van der Waals surface area contributed by atoms with Crippen molar-refractivity contribution in [3.8, 4) is 0 Å². The number of likely N-dealkylation sites (tertiary alicyclic amines) is 1. The number of hydrogen-bond acceptors (Lipinski definition) is 7. The third kappa shape index (κ3) is 6.43. The summed E-state index contributed by atoms with van der Waals surface area (Å²) in [6, 6.07) is 22.6. The average molecular weight is 535 g/mol. The van der Waals surface area contributed by atoms with E-state index in [4.69, 9.17) is 22.1 Å². The molecule has 0 bridgehead atoms. The number of nitrogens with one attached hydrogen (secondary N) is 1. The topological polar surface area (TPSA) is 96.6 Å². The Bertz CT molecular complexity index is 1200. The second-order valence-electron chi connectivity index (χ2n) is 10.2. The van der Waals surface area contributed by atoms with E-state index in [1.165, 1.54) is 5.56 Å². The number of carbonyl (C=O) groups excluding carboxylic acids is 1. The van der Waals surface area contributed by atoms with Gasteiger partial charge in [-0.25, -0.2) is 0 Å². The van der Waals surface area contributed by atoms with Crippen molar-refractivity contribution in [2.24, 2.45) is 0 Å². The fourth-order valence-corrected chi connectivity index (χ4v) is 5.68. The lowest BCUT2D eigenvalue weighted by molar-refractivity contribution is -0.137. The molecule has 9 heteroatoms. The van der Waals surface area contributed by atoms with Crippen LogP contribution in [0, 0.1) is 0 Å². The molecule has 2 aliphatic heterocycles. The van der Waals surface area contributed by atoms with Gasteiger partial charge in [0.1, 0.15) is 6.61 Å². The average Bonchev–Trinajstić information content (AvgIpc) is 2.96. The van der Waals surface area contributed by atoms with E-state index in [9.17, 15) is 4.79 Å². The Morgan fingerprint density at radius 2 is 1.66 bits per heavy atom. The van der Waals surface area contributed by atoms with Crippen LogP contribution in [0.3, 0.4) is 0 Å². The van der Waals surface area contributed by atoms with E-state index in [0.29, 0.717) is 36.9 Å². The molecule has 0 aliphatic carbocycles. The van der Waals surface area contributed by atoms with Crippen LogP contribution in [0.25, 0.3) is 0 Å². The number of amides is 1. The van der Waals surface area contributed by atoms with E-state index >= 15 is 0 Å². The number of aromatic nitrogens is 2. The molecular weight excluding hydrogens is 500 g/mol. The standard InChI is InChI=1S/C29H35ClN6O2/c30-26-19-25(28(31)34-33-26)36-17-13-29(14-18-36,23-9-5-2-6-10-23)38-21-27(37)32-24-11-15-35(16-12-24)20-22-7-3-1-4-8-22/h1-10,19,24H,11-18,20-21H2,(H2,31,34)(H,32,37). The molecule has 1 aromatic heterocycles. The number of rotatable bonds is 8. The number of benzene rings is 2. The lowest BCUT2D eigenvalue weighted by Crippen LogP contribution is -2.48. The van der Waals surface area contributed by atoms with Crippen LogP contribution >= 0.6 is 11.6 Å². The molecule has 0 radical (unpaired) electrons. The van der Waals surface area contributed by atoms with Crippen LogP contribution in [0.4, 0.5) is 11.5 Å². The number of halogens is 1. The Kier molecular flexibility index (Phi) is 8.42. The fourth-order valence-electron chi connectivity index (χ4n) is 5.54. The predicted octanol–water partition coefficient (Wildman–Crippen LogP) is 4.01. The Labute approximate surface area is 229 Å². The van der Waals surface area contributed by atoms with Gasteiger partial charge in [0.15, 0.2) is 11.0 Å². The van der Waals surface area contributed by atoms with Crippen molar-refractivity contribution in [2.45, 2.75) is 43.9 Å². The van der Waals surface area contributed by atoms with Gasteiger partial charge < -0.3 is 20.7 Å². The Morgan fingerprint density at radius 1 is 1.00 bits per heavy atom. The summed E-state index contributed by atoms with van der Waals surface area (Å²) in [5.41, 5.74) is 8.71. The minimum Gasteiger partial charge on any atom is -0.380 e. The lowest BCUT2D eigenvalue weighted by atomic mass is 9.84. The minimum absolute atomic E-state index is 0.0317. The zero-order valence-corrected chi connectivity index (χ0v) is 22.3. The number of carbonyl (C=O) groups is 1. The first-order valence-electron chi connectivity index (χ1n) is 13.3. The molecule has 3 aromatic rings. The van der Waals surface area contributed by atoms with Crippen molar-refractivity contribution in [2.75, 3.05) is 43.4 Å². The quantitative estimate of drug-likeness (QED) is 0.451. The van der Waals surface area contributed by atoms with Crippen molar-refractivity contribution in [1.82, 2.24) is 20.4 Å². The van der Waals surface area contributed by atoms with E-state index in [1.54, 1.807) is 6.07 Å². The van der Waals surface area contributed by atoms with Gasteiger partial charge in [0.05, 0.1) is 11.3 Å². The molecule has 3 N–H and O–H groups in total. The summed E-state index contributed by atoms with van der Waals surface area (Å²) in [7, 11) is 0. The molecule has 200 valence electrons. The summed E-state index contributed by atoms with van der Waals surface area (Å²) >= 11 is 6.07. The first-order chi connectivity index (χ1) is 18.5. The zero-order chi connectivity index (χ0) is 26.4. The molecule has 38 heavy (non-hydrogen) atoms. The Morgan fingerprint density at radius 3 is 2.34 bits per heavy atom. The molecule has 3 heterocycles. The van der Waals surface area contributed by atoms with Crippen molar-refractivity contribution >= 4 is 29.0 Å².